The van der Waals surface area contributed by atoms with Crippen molar-refractivity contribution in [2.45, 2.75) is 32.0 Å². The monoisotopic (exact) mass is 316 g/mol. The van der Waals surface area contributed by atoms with Crippen LogP contribution in [0.2, 0.25) is 0 Å². The molecule has 0 radical (unpaired) electrons. The lowest BCUT2D eigenvalue weighted by Crippen LogP contribution is -2.20. The summed E-state index contributed by atoms with van der Waals surface area (Å²) in [7, 11) is 1.23. The molecule has 0 fully saturated rings. The van der Waals surface area contributed by atoms with E-state index in [1.165, 1.54) is 24.9 Å². The van der Waals surface area contributed by atoms with Crippen molar-refractivity contribution < 1.29 is 23.4 Å². The molecule has 0 amide bonds. The van der Waals surface area contributed by atoms with E-state index in [-0.39, 0.29) is 11.9 Å². The van der Waals surface area contributed by atoms with Gasteiger partial charge in [0.15, 0.2) is 6.29 Å². The molecule has 0 N–H and O–H groups in total. The molecule has 118 valence electrons. The molecule has 4 nitrogen and oxygen atoms in total. The Labute approximate surface area is 129 Å². The van der Waals surface area contributed by atoms with E-state index in [2.05, 4.69) is 4.74 Å². The second-order valence-corrected chi connectivity index (χ2v) is 5.25. The van der Waals surface area contributed by atoms with Crippen LogP contribution in [0.1, 0.15) is 29.8 Å². The van der Waals surface area contributed by atoms with Crippen LogP contribution >= 0.6 is 11.8 Å². The number of thioether (sulfide) groups is 1. The Morgan fingerprint density at radius 1 is 1.29 bits per heavy atom. The summed E-state index contributed by atoms with van der Waals surface area (Å²) < 4.78 is 29.6. The molecule has 0 saturated heterocycles. The zero-order valence-electron chi connectivity index (χ0n) is 12.8. The molecule has 0 heterocycles. The summed E-state index contributed by atoms with van der Waals surface area (Å²) in [6.45, 7) is 6.54. The highest BCUT2D eigenvalue weighted by Gasteiger charge is 2.17. The first-order valence-corrected chi connectivity index (χ1v) is 7.77. The summed E-state index contributed by atoms with van der Waals surface area (Å²) in [4.78, 5) is 12.2. The maximum Gasteiger partial charge on any atom is 0.340 e. The molecule has 0 bridgehead atoms. The second kappa shape index (κ2) is 9.02. The molecule has 1 aromatic rings. The van der Waals surface area contributed by atoms with Gasteiger partial charge in [0.05, 0.1) is 12.7 Å². The Balaban J connectivity index is 2.80. The first-order valence-electron chi connectivity index (χ1n) is 6.78. The number of esters is 1. The lowest BCUT2D eigenvalue weighted by Gasteiger charge is -2.17. The number of rotatable bonds is 8. The van der Waals surface area contributed by atoms with E-state index >= 15 is 0 Å². The average Bonchev–Trinajstić information content (AvgIpc) is 2.48. The number of carbonyl (C=O) groups is 1. The topological polar surface area (TPSA) is 44.8 Å². The van der Waals surface area contributed by atoms with E-state index in [1.807, 2.05) is 13.8 Å². The van der Waals surface area contributed by atoms with Gasteiger partial charge in [-0.3, -0.25) is 0 Å². The van der Waals surface area contributed by atoms with Crippen LogP contribution in [0, 0.1) is 12.7 Å². The predicted octanol–water partition coefficient (Wildman–Crippen LogP) is 3.41. The maximum absolute atomic E-state index is 14.1. The van der Waals surface area contributed by atoms with Crippen molar-refractivity contribution in [2.75, 3.05) is 26.1 Å². The molecule has 6 heteroatoms. The molecule has 1 rings (SSSR count). The Bertz CT molecular complexity index is 473. The average molecular weight is 316 g/mol. The van der Waals surface area contributed by atoms with E-state index < -0.39 is 11.8 Å². The number of hydrogen-bond donors (Lipinski definition) is 0. The summed E-state index contributed by atoms with van der Waals surface area (Å²) in [5, 5.41) is 0. The number of hydrogen-bond acceptors (Lipinski definition) is 5. The van der Waals surface area contributed by atoms with Crippen molar-refractivity contribution in [1.29, 1.82) is 0 Å². The zero-order chi connectivity index (χ0) is 15.8. The van der Waals surface area contributed by atoms with Gasteiger partial charge in [0.25, 0.3) is 0 Å². The number of ether oxygens (including phenoxy) is 3. The molecule has 0 spiro atoms. The van der Waals surface area contributed by atoms with E-state index in [9.17, 15) is 9.18 Å². The standard InChI is InChI=1S/C15H21FO4S/c1-5-19-13(20-6-2)9-21-12-8-7-11(15(17)18-4)14(16)10(12)3/h7-8,13H,5-6,9H2,1-4H3. The third kappa shape index (κ3) is 4.98. The van der Waals surface area contributed by atoms with Crippen molar-refractivity contribution in [3.05, 3.63) is 29.1 Å². The number of halogens is 1. The van der Waals surface area contributed by atoms with Gasteiger partial charge in [0.2, 0.25) is 0 Å². The minimum Gasteiger partial charge on any atom is -0.465 e. The van der Waals surface area contributed by atoms with Crippen LogP contribution in [0.15, 0.2) is 17.0 Å². The lowest BCUT2D eigenvalue weighted by molar-refractivity contribution is -0.120. The summed E-state index contributed by atoms with van der Waals surface area (Å²) in [5.74, 6) is -0.663. The molecular weight excluding hydrogens is 295 g/mol. The quantitative estimate of drug-likeness (QED) is 0.418. The number of carbonyl (C=O) groups excluding carboxylic acids is 1. The Hall–Kier alpha value is -1.11. The van der Waals surface area contributed by atoms with E-state index in [0.29, 0.717) is 24.5 Å². The second-order valence-electron chi connectivity index (χ2n) is 4.19. The van der Waals surface area contributed by atoms with Crippen LogP contribution in [-0.2, 0) is 14.2 Å². The van der Waals surface area contributed by atoms with E-state index in [4.69, 9.17) is 9.47 Å². The van der Waals surface area contributed by atoms with Gasteiger partial charge in [-0.15, -0.1) is 11.8 Å². The van der Waals surface area contributed by atoms with Gasteiger partial charge >= 0.3 is 5.97 Å². The molecule has 0 aromatic heterocycles. The van der Waals surface area contributed by atoms with Crippen molar-refractivity contribution >= 4 is 17.7 Å². The molecule has 0 aliphatic carbocycles. The molecule has 0 aliphatic heterocycles. The van der Waals surface area contributed by atoms with Crippen LogP contribution in [0.5, 0.6) is 0 Å². The number of benzene rings is 1. The van der Waals surface area contributed by atoms with Gasteiger partial charge in [-0.25, -0.2) is 9.18 Å². The summed E-state index contributed by atoms with van der Waals surface area (Å²) in [5.41, 5.74) is 0.375. The smallest absolute Gasteiger partial charge is 0.340 e. The molecular formula is C15H21FO4S. The minimum absolute atomic E-state index is 0.0504. The highest BCUT2D eigenvalue weighted by Crippen LogP contribution is 2.27. The van der Waals surface area contributed by atoms with Crippen LogP contribution in [0.3, 0.4) is 0 Å². The summed E-state index contributed by atoms with van der Waals surface area (Å²) in [6.07, 6.45) is -0.326. The molecule has 0 atom stereocenters. The minimum atomic E-state index is -0.673. The predicted molar refractivity (Wildman–Crippen MR) is 80.2 cm³/mol. The number of methoxy groups -OCH3 is 1. The van der Waals surface area contributed by atoms with Gasteiger partial charge in [-0.05, 0) is 38.5 Å². The summed E-state index contributed by atoms with van der Waals surface area (Å²) in [6, 6.07) is 3.15. The Kier molecular flexibility index (Phi) is 7.71. The summed E-state index contributed by atoms with van der Waals surface area (Å²) >= 11 is 1.44. The lowest BCUT2D eigenvalue weighted by atomic mass is 10.1. The first-order chi connectivity index (χ1) is 10.0. The van der Waals surface area contributed by atoms with Gasteiger partial charge in [0.1, 0.15) is 5.82 Å². The van der Waals surface area contributed by atoms with Gasteiger partial charge in [-0.2, -0.15) is 0 Å². The van der Waals surface area contributed by atoms with Crippen molar-refractivity contribution in [2.24, 2.45) is 0 Å². The molecule has 0 saturated carbocycles. The van der Waals surface area contributed by atoms with Gasteiger partial charge in [-0.1, -0.05) is 0 Å². The van der Waals surface area contributed by atoms with Gasteiger partial charge in [0, 0.05) is 23.9 Å². The molecule has 21 heavy (non-hydrogen) atoms. The van der Waals surface area contributed by atoms with Crippen molar-refractivity contribution in [3.63, 3.8) is 0 Å². The molecule has 0 aliphatic rings. The largest absolute Gasteiger partial charge is 0.465 e. The third-order valence-electron chi connectivity index (χ3n) is 2.82. The van der Waals surface area contributed by atoms with E-state index in [1.54, 1.807) is 13.0 Å². The maximum atomic E-state index is 14.1. The van der Waals surface area contributed by atoms with E-state index in [0.717, 1.165) is 4.90 Å². The van der Waals surface area contributed by atoms with Crippen LogP contribution in [0.25, 0.3) is 0 Å². The van der Waals surface area contributed by atoms with Crippen LogP contribution in [-0.4, -0.2) is 38.3 Å². The third-order valence-corrected chi connectivity index (χ3v) is 4.01. The zero-order valence-corrected chi connectivity index (χ0v) is 13.6. The van der Waals surface area contributed by atoms with Crippen LogP contribution < -0.4 is 0 Å². The van der Waals surface area contributed by atoms with Crippen molar-refractivity contribution in [1.82, 2.24) is 0 Å². The first kappa shape index (κ1) is 17.9. The molecule has 1 aromatic carbocycles. The fraction of sp³-hybridized carbons (Fsp3) is 0.533. The van der Waals surface area contributed by atoms with Crippen molar-refractivity contribution in [3.8, 4) is 0 Å². The highest BCUT2D eigenvalue weighted by atomic mass is 32.2. The normalized spacial score (nSPS) is 11.0. The Morgan fingerprint density at radius 2 is 1.90 bits per heavy atom. The van der Waals surface area contributed by atoms with Crippen LogP contribution in [0.4, 0.5) is 4.39 Å². The molecule has 0 unspecified atom stereocenters. The SMILES string of the molecule is CCOC(CSc1ccc(C(=O)OC)c(F)c1C)OCC. The Morgan fingerprint density at radius 3 is 2.43 bits per heavy atom. The fourth-order valence-electron chi connectivity index (χ4n) is 1.77. The highest BCUT2D eigenvalue weighted by molar-refractivity contribution is 7.99. The fourth-order valence-corrected chi connectivity index (χ4v) is 2.74. The van der Waals surface area contributed by atoms with Gasteiger partial charge < -0.3 is 14.2 Å².